The standard InChI is InChI=1S/C11H13F3N2O3/c1-5-7(6(2)15-8(5)10(18)19)9(17)16(3)4-11(12,13)14/h15H,4H2,1-3H3,(H,18,19). The Labute approximate surface area is 107 Å². The number of carbonyl (C=O) groups is 2. The molecule has 1 heterocycles. The van der Waals surface area contributed by atoms with Crippen LogP contribution in [0.1, 0.15) is 32.1 Å². The van der Waals surface area contributed by atoms with Crippen molar-refractivity contribution in [2.24, 2.45) is 0 Å². The van der Waals surface area contributed by atoms with E-state index >= 15 is 0 Å². The lowest BCUT2D eigenvalue weighted by atomic mass is 10.1. The number of aromatic carboxylic acids is 1. The summed E-state index contributed by atoms with van der Waals surface area (Å²) in [5.74, 6) is -2.13. The highest BCUT2D eigenvalue weighted by Crippen LogP contribution is 2.22. The van der Waals surface area contributed by atoms with Crippen molar-refractivity contribution < 1.29 is 27.9 Å². The normalized spacial score (nSPS) is 11.5. The molecule has 0 saturated heterocycles. The van der Waals surface area contributed by atoms with Crippen molar-refractivity contribution in [3.63, 3.8) is 0 Å². The van der Waals surface area contributed by atoms with Gasteiger partial charge in [-0.15, -0.1) is 0 Å². The van der Waals surface area contributed by atoms with Gasteiger partial charge < -0.3 is 15.0 Å². The highest BCUT2D eigenvalue weighted by atomic mass is 19.4. The molecular formula is C11H13F3N2O3. The second-order valence-corrected chi connectivity index (χ2v) is 4.21. The molecule has 1 aromatic heterocycles. The first-order valence-electron chi connectivity index (χ1n) is 5.29. The molecule has 0 fully saturated rings. The van der Waals surface area contributed by atoms with E-state index < -0.39 is 24.6 Å². The molecule has 0 radical (unpaired) electrons. The Bertz CT molecular complexity index is 520. The number of aromatic amines is 1. The summed E-state index contributed by atoms with van der Waals surface area (Å²) in [6.07, 6.45) is -4.50. The summed E-state index contributed by atoms with van der Waals surface area (Å²) in [4.78, 5) is 25.8. The highest BCUT2D eigenvalue weighted by Gasteiger charge is 2.33. The van der Waals surface area contributed by atoms with Crippen LogP contribution in [0.15, 0.2) is 0 Å². The molecule has 0 aliphatic carbocycles. The van der Waals surface area contributed by atoms with Gasteiger partial charge in [0.25, 0.3) is 5.91 Å². The fourth-order valence-electron chi connectivity index (χ4n) is 1.82. The largest absolute Gasteiger partial charge is 0.477 e. The van der Waals surface area contributed by atoms with Crippen LogP contribution < -0.4 is 0 Å². The lowest BCUT2D eigenvalue weighted by Crippen LogP contribution is -2.36. The van der Waals surface area contributed by atoms with E-state index in [0.717, 1.165) is 7.05 Å². The first kappa shape index (κ1) is 15.1. The maximum absolute atomic E-state index is 12.2. The maximum atomic E-state index is 12.2. The van der Waals surface area contributed by atoms with Crippen molar-refractivity contribution in [3.8, 4) is 0 Å². The molecule has 0 aromatic carbocycles. The van der Waals surface area contributed by atoms with E-state index in [2.05, 4.69) is 4.98 Å². The van der Waals surface area contributed by atoms with Crippen LogP contribution in [0, 0.1) is 13.8 Å². The lowest BCUT2D eigenvalue weighted by Gasteiger charge is -2.19. The number of carbonyl (C=O) groups excluding carboxylic acids is 1. The number of carboxylic acids is 1. The second-order valence-electron chi connectivity index (χ2n) is 4.21. The Morgan fingerprint density at radius 3 is 2.21 bits per heavy atom. The molecule has 0 spiro atoms. The summed E-state index contributed by atoms with van der Waals surface area (Å²) in [5.41, 5.74) is 0.128. The number of aromatic nitrogens is 1. The van der Waals surface area contributed by atoms with E-state index in [9.17, 15) is 22.8 Å². The lowest BCUT2D eigenvalue weighted by molar-refractivity contribution is -0.138. The van der Waals surface area contributed by atoms with Crippen LogP contribution in [-0.2, 0) is 0 Å². The smallest absolute Gasteiger partial charge is 0.406 e. The SMILES string of the molecule is Cc1[nH]c(C(=O)O)c(C)c1C(=O)N(C)CC(F)(F)F. The molecule has 0 aliphatic rings. The van der Waals surface area contributed by atoms with Gasteiger partial charge in [-0.25, -0.2) is 4.79 Å². The molecule has 2 N–H and O–H groups in total. The van der Waals surface area contributed by atoms with Crippen LogP contribution in [0.4, 0.5) is 13.2 Å². The molecule has 0 aliphatic heterocycles. The number of nitrogens with one attached hydrogen (secondary N) is 1. The van der Waals surface area contributed by atoms with E-state index in [1.54, 1.807) is 0 Å². The first-order chi connectivity index (χ1) is 8.54. The van der Waals surface area contributed by atoms with Gasteiger partial charge in [-0.2, -0.15) is 13.2 Å². The molecule has 0 bridgehead atoms. The van der Waals surface area contributed by atoms with Crippen LogP contribution in [0.3, 0.4) is 0 Å². The fourth-order valence-corrected chi connectivity index (χ4v) is 1.82. The van der Waals surface area contributed by atoms with Gasteiger partial charge in [-0.1, -0.05) is 0 Å². The van der Waals surface area contributed by atoms with Crippen molar-refractivity contribution in [1.29, 1.82) is 0 Å². The number of H-pyrrole nitrogens is 1. The monoisotopic (exact) mass is 278 g/mol. The van der Waals surface area contributed by atoms with E-state index in [4.69, 9.17) is 5.11 Å². The number of nitrogens with zero attached hydrogens (tertiary/aromatic N) is 1. The third kappa shape index (κ3) is 3.27. The van der Waals surface area contributed by atoms with Crippen LogP contribution in [0.5, 0.6) is 0 Å². The Balaban J connectivity index is 3.10. The molecule has 5 nitrogen and oxygen atoms in total. The van der Waals surface area contributed by atoms with Gasteiger partial charge in [0.2, 0.25) is 0 Å². The minimum Gasteiger partial charge on any atom is -0.477 e. The number of hydrogen-bond acceptors (Lipinski definition) is 2. The van der Waals surface area contributed by atoms with Gasteiger partial charge in [0.15, 0.2) is 0 Å². The number of aryl methyl sites for hydroxylation is 1. The summed E-state index contributed by atoms with van der Waals surface area (Å²) in [6.45, 7) is 1.42. The number of amides is 1. The zero-order valence-electron chi connectivity index (χ0n) is 10.6. The number of rotatable bonds is 3. The topological polar surface area (TPSA) is 73.4 Å². The van der Waals surface area contributed by atoms with Gasteiger partial charge in [0, 0.05) is 12.7 Å². The Kier molecular flexibility index (Phi) is 3.92. The summed E-state index contributed by atoms with van der Waals surface area (Å²) in [6, 6.07) is 0. The Hall–Kier alpha value is -1.99. The van der Waals surface area contributed by atoms with E-state index in [-0.39, 0.29) is 22.5 Å². The Morgan fingerprint density at radius 1 is 1.32 bits per heavy atom. The minimum absolute atomic E-state index is 0.0378. The predicted molar refractivity (Wildman–Crippen MR) is 60.2 cm³/mol. The summed E-state index contributed by atoms with van der Waals surface area (Å²) >= 11 is 0. The number of alkyl halides is 3. The molecule has 1 rings (SSSR count). The highest BCUT2D eigenvalue weighted by molar-refractivity contribution is 6.00. The van der Waals surface area contributed by atoms with E-state index in [0.29, 0.717) is 4.90 Å². The van der Waals surface area contributed by atoms with Crippen molar-refractivity contribution in [2.75, 3.05) is 13.6 Å². The fraction of sp³-hybridized carbons (Fsp3) is 0.455. The van der Waals surface area contributed by atoms with Gasteiger partial charge in [0.05, 0.1) is 5.56 Å². The maximum Gasteiger partial charge on any atom is 0.406 e. The Morgan fingerprint density at radius 2 is 1.84 bits per heavy atom. The van der Waals surface area contributed by atoms with Crippen molar-refractivity contribution in [3.05, 3.63) is 22.5 Å². The van der Waals surface area contributed by atoms with E-state index in [1.165, 1.54) is 13.8 Å². The average molecular weight is 278 g/mol. The van der Waals surface area contributed by atoms with E-state index in [1.807, 2.05) is 0 Å². The van der Waals surface area contributed by atoms with Crippen LogP contribution in [-0.4, -0.2) is 46.6 Å². The van der Waals surface area contributed by atoms with Crippen molar-refractivity contribution in [2.45, 2.75) is 20.0 Å². The zero-order chi connectivity index (χ0) is 15.0. The summed E-state index contributed by atoms with van der Waals surface area (Å²) in [5, 5.41) is 8.87. The zero-order valence-corrected chi connectivity index (χ0v) is 10.6. The molecule has 0 unspecified atom stereocenters. The molecule has 1 aromatic rings. The number of carboxylic acid groups (broad SMARTS) is 1. The third-order valence-electron chi connectivity index (χ3n) is 2.63. The number of halogens is 3. The average Bonchev–Trinajstić information content (AvgIpc) is 2.51. The molecule has 0 atom stereocenters. The summed E-state index contributed by atoms with van der Waals surface area (Å²) in [7, 11) is 1.02. The quantitative estimate of drug-likeness (QED) is 0.887. The molecule has 0 saturated carbocycles. The predicted octanol–water partition coefficient (Wildman–Crippen LogP) is 1.96. The molecule has 1 amide bonds. The molecule has 106 valence electrons. The van der Waals surface area contributed by atoms with Crippen LogP contribution >= 0.6 is 0 Å². The van der Waals surface area contributed by atoms with Crippen molar-refractivity contribution >= 4 is 11.9 Å². The van der Waals surface area contributed by atoms with Gasteiger partial charge >= 0.3 is 12.1 Å². The molecule has 8 heteroatoms. The second kappa shape index (κ2) is 4.94. The van der Waals surface area contributed by atoms with Gasteiger partial charge in [-0.05, 0) is 19.4 Å². The molecular weight excluding hydrogens is 265 g/mol. The van der Waals surface area contributed by atoms with Crippen LogP contribution in [0.25, 0.3) is 0 Å². The first-order valence-corrected chi connectivity index (χ1v) is 5.29. The molecule has 19 heavy (non-hydrogen) atoms. The third-order valence-corrected chi connectivity index (χ3v) is 2.63. The van der Waals surface area contributed by atoms with Crippen LogP contribution in [0.2, 0.25) is 0 Å². The van der Waals surface area contributed by atoms with Crippen molar-refractivity contribution in [1.82, 2.24) is 9.88 Å². The minimum atomic E-state index is -4.50. The number of hydrogen-bond donors (Lipinski definition) is 2. The van der Waals surface area contributed by atoms with Gasteiger partial charge in [-0.3, -0.25) is 4.79 Å². The van der Waals surface area contributed by atoms with Gasteiger partial charge in [0.1, 0.15) is 12.2 Å². The summed E-state index contributed by atoms with van der Waals surface area (Å²) < 4.78 is 36.7.